The Kier molecular flexibility index (Phi) is 32.9. The standard InChI is InChI=1S/C38H72N2O4/c1-3-5-7-21-27-35(41)29-23-17-13-9-11-15-19-25-31-37(43)39-33-34-40-38(44)32-26-20-16-12-10-14-18-24-30-36(42)28-22-8-6-4-2/h17-18,23-24,35-36,41-42H,3-16,19-22,25-34H2,1-2H3,(H,39,43)(H,40,44)/b23-17-,24-18-. The van der Waals surface area contributed by atoms with Gasteiger partial charge < -0.3 is 20.8 Å². The van der Waals surface area contributed by atoms with Gasteiger partial charge in [0.1, 0.15) is 0 Å². The summed E-state index contributed by atoms with van der Waals surface area (Å²) in [5.41, 5.74) is 0. The molecule has 0 saturated heterocycles. The summed E-state index contributed by atoms with van der Waals surface area (Å²) in [4.78, 5) is 24.0. The van der Waals surface area contributed by atoms with Gasteiger partial charge in [-0.3, -0.25) is 9.59 Å². The summed E-state index contributed by atoms with van der Waals surface area (Å²) in [7, 11) is 0. The Bertz CT molecular complexity index is 636. The lowest BCUT2D eigenvalue weighted by Gasteiger charge is -2.07. The highest BCUT2D eigenvalue weighted by Gasteiger charge is 2.04. The second-order valence-corrected chi connectivity index (χ2v) is 12.7. The minimum Gasteiger partial charge on any atom is -0.393 e. The lowest BCUT2D eigenvalue weighted by molar-refractivity contribution is -0.123. The van der Waals surface area contributed by atoms with Crippen molar-refractivity contribution in [2.24, 2.45) is 0 Å². The van der Waals surface area contributed by atoms with E-state index in [1.54, 1.807) is 0 Å². The molecule has 0 rings (SSSR count). The third kappa shape index (κ3) is 33.2. The SMILES string of the molecule is CCCCCCC(O)C/C=C\CCCCCCCC(=O)NCCNC(=O)CCCCCCC/C=C\CC(O)CCCCCC. The van der Waals surface area contributed by atoms with Gasteiger partial charge in [0, 0.05) is 25.9 Å². The molecule has 0 heterocycles. The number of carbonyl (C=O) groups is 2. The van der Waals surface area contributed by atoms with E-state index in [1.165, 1.54) is 64.2 Å². The molecule has 0 aromatic rings. The van der Waals surface area contributed by atoms with Crippen molar-refractivity contribution in [1.82, 2.24) is 10.6 Å². The number of aliphatic hydroxyl groups is 2. The van der Waals surface area contributed by atoms with Gasteiger partial charge in [0.15, 0.2) is 0 Å². The quantitative estimate of drug-likeness (QED) is 0.0434. The molecule has 6 nitrogen and oxygen atoms in total. The van der Waals surface area contributed by atoms with Crippen molar-refractivity contribution in [1.29, 1.82) is 0 Å². The number of amides is 2. The van der Waals surface area contributed by atoms with Gasteiger partial charge in [0.05, 0.1) is 12.2 Å². The van der Waals surface area contributed by atoms with E-state index in [2.05, 4.69) is 48.8 Å². The zero-order valence-corrected chi connectivity index (χ0v) is 29.0. The molecular formula is C38H72N2O4. The van der Waals surface area contributed by atoms with Gasteiger partial charge in [-0.1, -0.05) is 128 Å². The zero-order valence-electron chi connectivity index (χ0n) is 29.0. The Morgan fingerprint density at radius 1 is 0.500 bits per heavy atom. The minimum atomic E-state index is -0.188. The van der Waals surface area contributed by atoms with Gasteiger partial charge in [-0.2, -0.15) is 0 Å². The molecule has 44 heavy (non-hydrogen) atoms. The maximum Gasteiger partial charge on any atom is 0.220 e. The van der Waals surface area contributed by atoms with Crippen LogP contribution in [0.15, 0.2) is 24.3 Å². The molecule has 0 aliphatic rings. The fraction of sp³-hybridized carbons (Fsp3) is 0.842. The largest absolute Gasteiger partial charge is 0.393 e. The number of unbranched alkanes of at least 4 members (excludes halogenated alkanes) is 16. The Morgan fingerprint density at radius 3 is 1.27 bits per heavy atom. The van der Waals surface area contributed by atoms with Crippen LogP contribution in [0, 0.1) is 0 Å². The smallest absolute Gasteiger partial charge is 0.220 e. The summed E-state index contributed by atoms with van der Waals surface area (Å²) < 4.78 is 0. The van der Waals surface area contributed by atoms with Gasteiger partial charge in [0.25, 0.3) is 0 Å². The molecule has 2 atom stereocenters. The Morgan fingerprint density at radius 2 is 0.864 bits per heavy atom. The van der Waals surface area contributed by atoms with E-state index in [9.17, 15) is 19.8 Å². The Hall–Kier alpha value is -1.66. The first kappa shape index (κ1) is 42.3. The van der Waals surface area contributed by atoms with Crippen molar-refractivity contribution in [3.63, 3.8) is 0 Å². The van der Waals surface area contributed by atoms with Gasteiger partial charge in [-0.05, 0) is 64.2 Å². The third-order valence-electron chi connectivity index (χ3n) is 8.25. The normalized spacial score (nSPS) is 13.1. The number of nitrogens with one attached hydrogen (secondary N) is 2. The van der Waals surface area contributed by atoms with Crippen LogP contribution in [0.4, 0.5) is 0 Å². The van der Waals surface area contributed by atoms with Crippen molar-refractivity contribution < 1.29 is 19.8 Å². The molecule has 0 fully saturated rings. The summed E-state index contributed by atoms with van der Waals surface area (Å²) in [6.07, 6.45) is 35.6. The summed E-state index contributed by atoms with van der Waals surface area (Å²) in [5.74, 6) is 0.146. The topological polar surface area (TPSA) is 98.7 Å². The number of hydrogen-bond acceptors (Lipinski definition) is 4. The minimum absolute atomic E-state index is 0.0730. The number of allylic oxidation sites excluding steroid dienone is 2. The molecule has 6 heteroatoms. The molecule has 2 unspecified atom stereocenters. The fourth-order valence-corrected chi connectivity index (χ4v) is 5.33. The van der Waals surface area contributed by atoms with Crippen LogP contribution < -0.4 is 10.6 Å². The molecule has 0 aliphatic heterocycles. The molecule has 0 radical (unpaired) electrons. The second kappa shape index (κ2) is 34.2. The molecule has 0 aromatic heterocycles. The van der Waals surface area contributed by atoms with Crippen LogP contribution in [0.1, 0.15) is 181 Å². The molecule has 0 saturated carbocycles. The van der Waals surface area contributed by atoms with E-state index >= 15 is 0 Å². The highest BCUT2D eigenvalue weighted by Crippen LogP contribution is 2.12. The lowest BCUT2D eigenvalue weighted by atomic mass is 10.1. The number of aliphatic hydroxyl groups excluding tert-OH is 2. The number of hydrogen-bond donors (Lipinski definition) is 4. The van der Waals surface area contributed by atoms with Crippen molar-refractivity contribution in [3.8, 4) is 0 Å². The van der Waals surface area contributed by atoms with Crippen LogP contribution >= 0.6 is 0 Å². The van der Waals surface area contributed by atoms with E-state index in [0.717, 1.165) is 89.9 Å². The third-order valence-corrected chi connectivity index (χ3v) is 8.25. The van der Waals surface area contributed by atoms with E-state index < -0.39 is 0 Å². The Balaban J connectivity index is 3.44. The van der Waals surface area contributed by atoms with E-state index in [4.69, 9.17) is 0 Å². The Labute approximate surface area is 272 Å². The van der Waals surface area contributed by atoms with Crippen LogP contribution in [0.5, 0.6) is 0 Å². The van der Waals surface area contributed by atoms with Crippen LogP contribution in [-0.4, -0.2) is 47.3 Å². The monoisotopic (exact) mass is 621 g/mol. The van der Waals surface area contributed by atoms with Crippen molar-refractivity contribution in [3.05, 3.63) is 24.3 Å². The predicted octanol–water partition coefficient (Wildman–Crippen LogP) is 9.24. The molecule has 0 bridgehead atoms. The zero-order chi connectivity index (χ0) is 32.4. The van der Waals surface area contributed by atoms with E-state index in [0.29, 0.717) is 25.9 Å². The van der Waals surface area contributed by atoms with Crippen molar-refractivity contribution >= 4 is 11.8 Å². The highest BCUT2D eigenvalue weighted by molar-refractivity contribution is 5.77. The van der Waals surface area contributed by atoms with Crippen LogP contribution in [-0.2, 0) is 9.59 Å². The number of carbonyl (C=O) groups excluding carboxylic acids is 2. The van der Waals surface area contributed by atoms with Gasteiger partial charge in [-0.25, -0.2) is 0 Å². The van der Waals surface area contributed by atoms with Gasteiger partial charge in [-0.15, -0.1) is 0 Å². The first-order chi connectivity index (χ1) is 21.5. The van der Waals surface area contributed by atoms with Gasteiger partial charge >= 0.3 is 0 Å². The molecule has 258 valence electrons. The predicted molar refractivity (Wildman–Crippen MR) is 188 cm³/mol. The molecule has 2 amide bonds. The summed E-state index contributed by atoms with van der Waals surface area (Å²) in [5, 5.41) is 25.8. The van der Waals surface area contributed by atoms with Crippen LogP contribution in [0.25, 0.3) is 0 Å². The lowest BCUT2D eigenvalue weighted by Crippen LogP contribution is -2.34. The van der Waals surface area contributed by atoms with E-state index in [1.807, 2.05) is 0 Å². The molecule has 0 spiro atoms. The molecule has 4 N–H and O–H groups in total. The molecule has 0 aliphatic carbocycles. The summed E-state index contributed by atoms with van der Waals surface area (Å²) in [6.45, 7) is 5.40. The second-order valence-electron chi connectivity index (χ2n) is 12.7. The van der Waals surface area contributed by atoms with Crippen molar-refractivity contribution in [2.75, 3.05) is 13.1 Å². The first-order valence-corrected chi connectivity index (χ1v) is 18.7. The maximum absolute atomic E-state index is 12.0. The fourth-order valence-electron chi connectivity index (χ4n) is 5.33. The van der Waals surface area contributed by atoms with Gasteiger partial charge in [0.2, 0.25) is 11.8 Å². The summed E-state index contributed by atoms with van der Waals surface area (Å²) in [6, 6.07) is 0. The van der Waals surface area contributed by atoms with Crippen LogP contribution in [0.2, 0.25) is 0 Å². The summed E-state index contributed by atoms with van der Waals surface area (Å²) >= 11 is 0. The first-order valence-electron chi connectivity index (χ1n) is 18.7. The van der Waals surface area contributed by atoms with Crippen molar-refractivity contribution in [2.45, 2.75) is 193 Å². The van der Waals surface area contributed by atoms with Crippen LogP contribution in [0.3, 0.4) is 0 Å². The molecule has 0 aromatic carbocycles. The number of rotatable bonds is 33. The van der Waals surface area contributed by atoms with E-state index in [-0.39, 0.29) is 24.0 Å². The average Bonchev–Trinajstić information content (AvgIpc) is 3.01. The molecular weight excluding hydrogens is 548 g/mol. The maximum atomic E-state index is 12.0. The highest BCUT2D eigenvalue weighted by atomic mass is 16.3. The average molecular weight is 621 g/mol.